The first-order chi connectivity index (χ1) is 7.45. The smallest absolute Gasteiger partial charge is 0.307 e. The third kappa shape index (κ3) is 2.88. The minimum absolute atomic E-state index is 0.00963. The van der Waals surface area contributed by atoms with E-state index in [0.29, 0.717) is 3.57 Å². The summed E-state index contributed by atoms with van der Waals surface area (Å²) in [7, 11) is 0. The average molecular weight is 337 g/mol. The molecule has 84 valence electrons. The van der Waals surface area contributed by atoms with Gasteiger partial charge in [-0.2, -0.15) is 5.26 Å². The molecule has 0 fully saturated rings. The number of halogens is 3. The number of hydrogen-bond donors (Lipinski definition) is 1. The van der Waals surface area contributed by atoms with Gasteiger partial charge in [-0.15, -0.1) is 0 Å². The second kappa shape index (κ2) is 5.21. The zero-order valence-corrected chi connectivity index (χ0v) is 10.0. The molecule has 0 aliphatic carbocycles. The van der Waals surface area contributed by atoms with Gasteiger partial charge in [0, 0.05) is 9.13 Å². The molecule has 0 radical (unpaired) electrons. The summed E-state index contributed by atoms with van der Waals surface area (Å²) in [6.45, 7) is 0. The van der Waals surface area contributed by atoms with Crippen molar-refractivity contribution in [3.05, 3.63) is 32.4 Å². The number of rotatable bonds is 3. The highest BCUT2D eigenvalue weighted by atomic mass is 127. The Labute approximate surface area is 104 Å². The van der Waals surface area contributed by atoms with Gasteiger partial charge in [-0.1, -0.05) is 0 Å². The van der Waals surface area contributed by atoms with Gasteiger partial charge in [0.1, 0.15) is 0 Å². The van der Waals surface area contributed by atoms with Gasteiger partial charge in [0.15, 0.2) is 0 Å². The Kier molecular flexibility index (Phi) is 4.18. The summed E-state index contributed by atoms with van der Waals surface area (Å²) in [5, 5.41) is 17.4. The number of carboxylic acid groups (broad SMARTS) is 1. The number of benzene rings is 1. The van der Waals surface area contributed by atoms with E-state index in [-0.39, 0.29) is 23.1 Å². The van der Waals surface area contributed by atoms with Crippen LogP contribution in [0.3, 0.4) is 0 Å². The second-order valence-electron chi connectivity index (χ2n) is 3.01. The molecule has 1 aromatic carbocycles. The van der Waals surface area contributed by atoms with Gasteiger partial charge in [-0.25, -0.2) is 8.78 Å². The average Bonchev–Trinajstić information content (AvgIpc) is 2.19. The molecule has 0 atom stereocenters. The molecule has 0 spiro atoms. The van der Waals surface area contributed by atoms with Crippen LogP contribution in [0.15, 0.2) is 12.1 Å². The lowest BCUT2D eigenvalue weighted by atomic mass is 10.0. The number of carboxylic acids is 1. The molecule has 0 saturated carbocycles. The Bertz CT molecular complexity index is 469. The minimum atomic E-state index is -2.67. The molecule has 16 heavy (non-hydrogen) atoms. The zero-order chi connectivity index (χ0) is 12.3. The van der Waals surface area contributed by atoms with E-state index >= 15 is 0 Å². The van der Waals surface area contributed by atoms with E-state index in [1.54, 1.807) is 28.7 Å². The monoisotopic (exact) mass is 337 g/mol. The highest BCUT2D eigenvalue weighted by Crippen LogP contribution is 2.26. The van der Waals surface area contributed by atoms with Crippen molar-refractivity contribution in [3.63, 3.8) is 0 Å². The molecule has 0 aromatic heterocycles. The lowest BCUT2D eigenvalue weighted by molar-refractivity contribution is -0.136. The number of aliphatic carboxylic acids is 1. The maximum atomic E-state index is 12.4. The summed E-state index contributed by atoms with van der Waals surface area (Å²) >= 11 is 1.75. The molecule has 1 aromatic rings. The van der Waals surface area contributed by atoms with E-state index < -0.39 is 12.4 Å². The largest absolute Gasteiger partial charge is 0.481 e. The normalized spacial score (nSPS) is 10.2. The van der Waals surface area contributed by atoms with Crippen LogP contribution in [0.1, 0.15) is 23.1 Å². The topological polar surface area (TPSA) is 61.1 Å². The number of nitrogens with zero attached hydrogens (tertiary/aromatic N) is 1. The van der Waals surface area contributed by atoms with Crippen molar-refractivity contribution in [2.45, 2.75) is 12.8 Å². The molecule has 0 unspecified atom stereocenters. The quantitative estimate of drug-likeness (QED) is 0.863. The molecular weight excluding hydrogens is 331 g/mol. The van der Waals surface area contributed by atoms with Crippen LogP contribution in [0.25, 0.3) is 0 Å². The first-order valence-electron chi connectivity index (χ1n) is 4.18. The molecular formula is C10H6F2INO2. The summed E-state index contributed by atoms with van der Waals surface area (Å²) in [4.78, 5) is 10.5. The predicted molar refractivity (Wildman–Crippen MR) is 60.2 cm³/mol. The first kappa shape index (κ1) is 12.8. The van der Waals surface area contributed by atoms with E-state index in [1.807, 2.05) is 0 Å². The third-order valence-electron chi connectivity index (χ3n) is 1.92. The molecule has 0 aliphatic heterocycles. The lowest BCUT2D eigenvalue weighted by Crippen LogP contribution is -2.05. The highest BCUT2D eigenvalue weighted by molar-refractivity contribution is 14.1. The van der Waals surface area contributed by atoms with E-state index in [9.17, 15) is 13.6 Å². The molecule has 0 heterocycles. The summed E-state index contributed by atoms with van der Waals surface area (Å²) in [6, 6.07) is 3.97. The number of alkyl halides is 2. The molecule has 0 saturated heterocycles. The first-order valence-corrected chi connectivity index (χ1v) is 5.26. The number of carbonyl (C=O) groups is 1. The number of nitriles is 1. The number of hydrogen-bond acceptors (Lipinski definition) is 2. The van der Waals surface area contributed by atoms with Gasteiger partial charge in [0.25, 0.3) is 6.43 Å². The van der Waals surface area contributed by atoms with E-state index in [0.717, 1.165) is 6.07 Å². The van der Waals surface area contributed by atoms with Gasteiger partial charge in [-0.05, 0) is 40.3 Å². The lowest BCUT2D eigenvalue weighted by Gasteiger charge is -2.07. The minimum Gasteiger partial charge on any atom is -0.481 e. The van der Waals surface area contributed by atoms with Crippen LogP contribution in [-0.4, -0.2) is 11.1 Å². The zero-order valence-electron chi connectivity index (χ0n) is 7.88. The molecule has 0 aliphatic rings. The van der Waals surface area contributed by atoms with Crippen molar-refractivity contribution < 1.29 is 18.7 Å². The molecule has 6 heteroatoms. The molecule has 3 nitrogen and oxygen atoms in total. The SMILES string of the molecule is N#Cc1cc(C(F)F)cc(I)c1CC(=O)O. The second-order valence-corrected chi connectivity index (χ2v) is 4.17. The van der Waals surface area contributed by atoms with Crippen molar-refractivity contribution in [1.29, 1.82) is 5.26 Å². The van der Waals surface area contributed by atoms with Crippen LogP contribution >= 0.6 is 22.6 Å². The molecule has 0 bridgehead atoms. The van der Waals surface area contributed by atoms with Gasteiger partial charge in [0.05, 0.1) is 18.1 Å². The van der Waals surface area contributed by atoms with Crippen molar-refractivity contribution in [1.82, 2.24) is 0 Å². The Morgan fingerprint density at radius 1 is 1.56 bits per heavy atom. The predicted octanol–water partition coefficient (Wildman–Crippen LogP) is 2.73. The molecule has 1 N–H and O–H groups in total. The van der Waals surface area contributed by atoms with Crippen LogP contribution in [0, 0.1) is 14.9 Å². The maximum Gasteiger partial charge on any atom is 0.307 e. The Hall–Kier alpha value is -1.23. The van der Waals surface area contributed by atoms with E-state index in [4.69, 9.17) is 10.4 Å². The Balaban J connectivity index is 3.30. The fourth-order valence-corrected chi connectivity index (χ4v) is 2.06. The maximum absolute atomic E-state index is 12.4. The Morgan fingerprint density at radius 2 is 2.19 bits per heavy atom. The van der Waals surface area contributed by atoms with E-state index in [2.05, 4.69) is 0 Å². The van der Waals surface area contributed by atoms with Gasteiger partial charge in [0.2, 0.25) is 0 Å². The highest BCUT2D eigenvalue weighted by Gasteiger charge is 2.16. The van der Waals surface area contributed by atoms with Crippen LogP contribution in [0.4, 0.5) is 8.78 Å². The van der Waals surface area contributed by atoms with E-state index in [1.165, 1.54) is 6.07 Å². The van der Waals surface area contributed by atoms with Crippen molar-refractivity contribution in [3.8, 4) is 6.07 Å². The van der Waals surface area contributed by atoms with Crippen molar-refractivity contribution in [2.75, 3.05) is 0 Å². The summed E-state index contributed by atoms with van der Waals surface area (Å²) in [5.74, 6) is -1.10. The van der Waals surface area contributed by atoms with Crippen LogP contribution in [-0.2, 0) is 11.2 Å². The fraction of sp³-hybridized carbons (Fsp3) is 0.200. The standard InChI is InChI=1S/C10H6F2INO2/c11-10(12)5-1-6(4-14)7(3-9(15)16)8(13)2-5/h1-2,10H,3H2,(H,15,16). The van der Waals surface area contributed by atoms with Crippen LogP contribution in [0.2, 0.25) is 0 Å². The van der Waals surface area contributed by atoms with Gasteiger partial charge in [-0.3, -0.25) is 4.79 Å². The third-order valence-corrected chi connectivity index (χ3v) is 2.88. The van der Waals surface area contributed by atoms with Crippen LogP contribution in [0.5, 0.6) is 0 Å². The summed E-state index contributed by atoms with van der Waals surface area (Å²) < 4.78 is 25.2. The summed E-state index contributed by atoms with van der Waals surface area (Å²) in [6.07, 6.45) is -3.01. The molecule has 0 amide bonds. The fourth-order valence-electron chi connectivity index (χ4n) is 1.21. The molecule has 1 rings (SSSR count). The summed E-state index contributed by atoms with van der Waals surface area (Å²) in [5.41, 5.74) is -0.000288. The van der Waals surface area contributed by atoms with Crippen molar-refractivity contribution in [2.24, 2.45) is 0 Å². The van der Waals surface area contributed by atoms with Gasteiger partial charge < -0.3 is 5.11 Å². The van der Waals surface area contributed by atoms with Gasteiger partial charge >= 0.3 is 5.97 Å². The Morgan fingerprint density at radius 3 is 2.62 bits per heavy atom. The van der Waals surface area contributed by atoms with Crippen molar-refractivity contribution >= 4 is 28.6 Å². The van der Waals surface area contributed by atoms with Crippen LogP contribution < -0.4 is 0 Å².